The molecule has 0 radical (unpaired) electrons. The molecule has 0 saturated heterocycles. The van der Waals surface area contributed by atoms with Crippen molar-refractivity contribution >= 4 is 5.91 Å². The monoisotopic (exact) mass is 246 g/mol. The lowest BCUT2D eigenvalue weighted by Gasteiger charge is -2.30. The quantitative estimate of drug-likeness (QED) is 0.856. The molecule has 2 rings (SSSR count). The van der Waals surface area contributed by atoms with Gasteiger partial charge in [-0.1, -0.05) is 31.2 Å². The Kier molecular flexibility index (Phi) is 4.37. The highest BCUT2D eigenvalue weighted by molar-refractivity contribution is 5.75. The first-order chi connectivity index (χ1) is 8.72. The van der Waals surface area contributed by atoms with Crippen LogP contribution in [0.4, 0.5) is 0 Å². The number of fused-ring (bicyclic) bond motifs is 1. The maximum absolute atomic E-state index is 11.2. The standard InChI is InChI=1S/C15H22N2O/c1-11-7-8-14(17-10-9-15(18)16-2)13-6-4-3-5-12(11)13/h3-6,11,14,17H,7-10H2,1-2H3,(H,16,18). The van der Waals surface area contributed by atoms with Crippen LogP contribution < -0.4 is 10.6 Å². The summed E-state index contributed by atoms with van der Waals surface area (Å²) in [5, 5.41) is 6.15. The molecule has 1 aromatic rings. The highest BCUT2D eigenvalue weighted by Crippen LogP contribution is 2.36. The van der Waals surface area contributed by atoms with Crippen molar-refractivity contribution in [3.05, 3.63) is 35.4 Å². The van der Waals surface area contributed by atoms with E-state index in [1.54, 1.807) is 7.05 Å². The number of benzene rings is 1. The zero-order valence-electron chi connectivity index (χ0n) is 11.2. The van der Waals surface area contributed by atoms with Gasteiger partial charge in [0.25, 0.3) is 0 Å². The lowest BCUT2D eigenvalue weighted by Crippen LogP contribution is -2.30. The Morgan fingerprint density at radius 1 is 1.28 bits per heavy atom. The lowest BCUT2D eigenvalue weighted by molar-refractivity contribution is -0.120. The minimum atomic E-state index is 0.0972. The fourth-order valence-electron chi connectivity index (χ4n) is 2.70. The van der Waals surface area contributed by atoms with Gasteiger partial charge >= 0.3 is 0 Å². The highest BCUT2D eigenvalue weighted by Gasteiger charge is 2.23. The van der Waals surface area contributed by atoms with E-state index in [-0.39, 0.29) is 5.91 Å². The van der Waals surface area contributed by atoms with Gasteiger partial charge in [0.1, 0.15) is 0 Å². The summed E-state index contributed by atoms with van der Waals surface area (Å²) in [4.78, 5) is 11.2. The van der Waals surface area contributed by atoms with Crippen LogP contribution in [0.2, 0.25) is 0 Å². The van der Waals surface area contributed by atoms with E-state index in [1.165, 1.54) is 17.5 Å². The maximum Gasteiger partial charge on any atom is 0.221 e. The van der Waals surface area contributed by atoms with Crippen LogP contribution in [-0.2, 0) is 4.79 Å². The van der Waals surface area contributed by atoms with Gasteiger partial charge in [-0.05, 0) is 29.9 Å². The first-order valence-electron chi connectivity index (χ1n) is 6.75. The molecule has 0 saturated carbocycles. The minimum absolute atomic E-state index is 0.0972. The van der Waals surface area contributed by atoms with Crippen molar-refractivity contribution in [2.45, 2.75) is 38.1 Å². The number of rotatable bonds is 4. The Balaban J connectivity index is 1.98. The number of amides is 1. The fraction of sp³-hybridized carbons (Fsp3) is 0.533. The van der Waals surface area contributed by atoms with Crippen molar-refractivity contribution in [3.8, 4) is 0 Å². The summed E-state index contributed by atoms with van der Waals surface area (Å²) in [5.74, 6) is 0.748. The number of nitrogens with one attached hydrogen (secondary N) is 2. The number of carbonyl (C=O) groups is 1. The van der Waals surface area contributed by atoms with E-state index < -0.39 is 0 Å². The second-order valence-electron chi connectivity index (χ2n) is 5.04. The van der Waals surface area contributed by atoms with E-state index in [9.17, 15) is 4.79 Å². The summed E-state index contributed by atoms with van der Waals surface area (Å²) in [6.07, 6.45) is 2.92. The third-order valence-electron chi connectivity index (χ3n) is 3.81. The summed E-state index contributed by atoms with van der Waals surface area (Å²) < 4.78 is 0. The molecule has 18 heavy (non-hydrogen) atoms. The second kappa shape index (κ2) is 6.01. The van der Waals surface area contributed by atoms with Gasteiger partial charge in [0.05, 0.1) is 0 Å². The van der Waals surface area contributed by atoms with Crippen LogP contribution in [0, 0.1) is 0 Å². The molecule has 0 bridgehead atoms. The molecule has 0 fully saturated rings. The summed E-state index contributed by atoms with van der Waals surface area (Å²) in [6.45, 7) is 3.03. The van der Waals surface area contributed by atoms with Gasteiger partial charge in [-0.3, -0.25) is 4.79 Å². The Bertz CT molecular complexity index is 417. The summed E-state index contributed by atoms with van der Waals surface area (Å²) >= 11 is 0. The van der Waals surface area contributed by atoms with Crippen molar-refractivity contribution in [1.29, 1.82) is 0 Å². The summed E-state index contributed by atoms with van der Waals surface area (Å²) in [6, 6.07) is 9.06. The minimum Gasteiger partial charge on any atom is -0.359 e. The molecule has 3 nitrogen and oxygen atoms in total. The van der Waals surface area contributed by atoms with Crippen LogP contribution in [0.5, 0.6) is 0 Å². The molecule has 98 valence electrons. The Labute approximate surface area is 109 Å². The van der Waals surface area contributed by atoms with Crippen molar-refractivity contribution in [2.75, 3.05) is 13.6 Å². The normalized spacial score (nSPS) is 22.3. The largest absolute Gasteiger partial charge is 0.359 e. The molecule has 0 spiro atoms. The molecule has 0 aliphatic heterocycles. The van der Waals surface area contributed by atoms with E-state index in [2.05, 4.69) is 41.8 Å². The molecule has 1 aromatic carbocycles. The van der Waals surface area contributed by atoms with Gasteiger partial charge in [-0.25, -0.2) is 0 Å². The third kappa shape index (κ3) is 2.91. The molecule has 1 aliphatic rings. The zero-order valence-corrected chi connectivity index (χ0v) is 11.2. The summed E-state index contributed by atoms with van der Waals surface area (Å²) in [7, 11) is 1.68. The van der Waals surface area contributed by atoms with Crippen LogP contribution in [0.1, 0.15) is 49.3 Å². The smallest absolute Gasteiger partial charge is 0.221 e. The number of carbonyl (C=O) groups excluding carboxylic acids is 1. The van der Waals surface area contributed by atoms with E-state index in [1.807, 2.05) is 0 Å². The Hall–Kier alpha value is -1.35. The van der Waals surface area contributed by atoms with Crippen molar-refractivity contribution < 1.29 is 4.79 Å². The predicted octanol–water partition coefficient (Wildman–Crippen LogP) is 2.35. The maximum atomic E-state index is 11.2. The van der Waals surface area contributed by atoms with Gasteiger partial charge in [0.15, 0.2) is 0 Å². The molecule has 1 aliphatic carbocycles. The molecule has 1 amide bonds. The molecular weight excluding hydrogens is 224 g/mol. The van der Waals surface area contributed by atoms with Crippen molar-refractivity contribution in [1.82, 2.24) is 10.6 Å². The highest BCUT2D eigenvalue weighted by atomic mass is 16.1. The van der Waals surface area contributed by atoms with Crippen molar-refractivity contribution in [3.63, 3.8) is 0 Å². The molecule has 2 N–H and O–H groups in total. The van der Waals surface area contributed by atoms with Gasteiger partial charge in [-0.2, -0.15) is 0 Å². The van der Waals surface area contributed by atoms with E-state index in [4.69, 9.17) is 0 Å². The first-order valence-corrected chi connectivity index (χ1v) is 6.75. The third-order valence-corrected chi connectivity index (χ3v) is 3.81. The molecular formula is C15H22N2O. The SMILES string of the molecule is CNC(=O)CCNC1CCC(C)c2ccccc21. The fourth-order valence-corrected chi connectivity index (χ4v) is 2.70. The Morgan fingerprint density at radius 3 is 2.72 bits per heavy atom. The number of hydrogen-bond acceptors (Lipinski definition) is 2. The molecule has 2 unspecified atom stereocenters. The van der Waals surface area contributed by atoms with Crippen LogP contribution in [-0.4, -0.2) is 19.5 Å². The predicted molar refractivity (Wildman–Crippen MR) is 73.5 cm³/mol. The van der Waals surface area contributed by atoms with Crippen LogP contribution in [0.3, 0.4) is 0 Å². The van der Waals surface area contributed by atoms with Gasteiger partial charge < -0.3 is 10.6 Å². The molecule has 2 atom stereocenters. The van der Waals surface area contributed by atoms with Gasteiger partial charge in [-0.15, -0.1) is 0 Å². The molecule has 0 heterocycles. The van der Waals surface area contributed by atoms with Crippen LogP contribution >= 0.6 is 0 Å². The van der Waals surface area contributed by atoms with Gasteiger partial charge in [0.2, 0.25) is 5.91 Å². The van der Waals surface area contributed by atoms with Crippen molar-refractivity contribution in [2.24, 2.45) is 0 Å². The van der Waals surface area contributed by atoms with E-state index >= 15 is 0 Å². The first kappa shape index (κ1) is 13.1. The van der Waals surface area contributed by atoms with Crippen LogP contribution in [0.25, 0.3) is 0 Å². The van der Waals surface area contributed by atoms with Crippen LogP contribution in [0.15, 0.2) is 24.3 Å². The topological polar surface area (TPSA) is 41.1 Å². The molecule has 3 heteroatoms. The molecule has 0 aromatic heterocycles. The lowest BCUT2D eigenvalue weighted by atomic mass is 9.81. The average molecular weight is 246 g/mol. The zero-order chi connectivity index (χ0) is 13.0. The summed E-state index contributed by atoms with van der Waals surface area (Å²) in [5.41, 5.74) is 2.87. The van der Waals surface area contributed by atoms with E-state index in [0.29, 0.717) is 18.4 Å². The van der Waals surface area contributed by atoms with E-state index in [0.717, 1.165) is 13.0 Å². The number of hydrogen-bond donors (Lipinski definition) is 2. The Morgan fingerprint density at radius 2 is 2.00 bits per heavy atom. The average Bonchev–Trinajstić information content (AvgIpc) is 2.41. The second-order valence-corrected chi connectivity index (χ2v) is 5.04. The van der Waals surface area contributed by atoms with Gasteiger partial charge in [0, 0.05) is 26.1 Å².